The van der Waals surface area contributed by atoms with E-state index < -0.39 is 39.0 Å². The van der Waals surface area contributed by atoms with Crippen LogP contribution in [0.15, 0.2) is 23.6 Å². The third kappa shape index (κ3) is 3.35. The molecule has 1 saturated heterocycles. The minimum atomic E-state index is -4.70. The summed E-state index contributed by atoms with van der Waals surface area (Å²) in [6, 6.07) is 1.77. The zero-order chi connectivity index (χ0) is 17.5. The SMILES string of the molecule is CSc1ncnc2c1ccn2[C@H]1O[C@@H](COP(=O)(O)O)[C@@H](O)[C@@H]1O. The largest absolute Gasteiger partial charge is 0.469 e. The molecule has 0 amide bonds. The van der Waals surface area contributed by atoms with E-state index in [-0.39, 0.29) is 0 Å². The van der Waals surface area contributed by atoms with Crippen LogP contribution in [-0.4, -0.2) is 65.7 Å². The summed E-state index contributed by atoms with van der Waals surface area (Å²) in [4.78, 5) is 25.8. The Balaban J connectivity index is 1.86. The number of aliphatic hydroxyl groups excluding tert-OH is 2. The van der Waals surface area contributed by atoms with Gasteiger partial charge < -0.3 is 29.3 Å². The Hall–Kier alpha value is -1.04. The van der Waals surface area contributed by atoms with E-state index in [1.807, 2.05) is 6.26 Å². The average molecular weight is 377 g/mol. The summed E-state index contributed by atoms with van der Waals surface area (Å²) >= 11 is 1.44. The summed E-state index contributed by atoms with van der Waals surface area (Å²) in [5.74, 6) is 0. The van der Waals surface area contributed by atoms with Gasteiger partial charge in [0.1, 0.15) is 35.3 Å². The Morgan fingerprint density at radius 2 is 2.12 bits per heavy atom. The Kier molecular flexibility index (Phi) is 4.96. The second kappa shape index (κ2) is 6.70. The molecule has 3 rings (SSSR count). The number of rotatable bonds is 5. The predicted molar refractivity (Wildman–Crippen MR) is 83.2 cm³/mol. The molecular formula is C12H16N3O7PS. The predicted octanol–water partition coefficient (Wildman–Crippen LogP) is -0.118. The summed E-state index contributed by atoms with van der Waals surface area (Å²) in [7, 11) is -4.70. The van der Waals surface area contributed by atoms with Gasteiger partial charge in [0.15, 0.2) is 6.23 Å². The van der Waals surface area contributed by atoms with Gasteiger partial charge in [-0.2, -0.15) is 0 Å². The molecule has 0 bridgehead atoms. The molecule has 1 aliphatic rings. The highest BCUT2D eigenvalue weighted by atomic mass is 32.2. The van der Waals surface area contributed by atoms with E-state index in [4.69, 9.17) is 14.5 Å². The quantitative estimate of drug-likeness (QED) is 0.316. The van der Waals surface area contributed by atoms with Crippen LogP contribution in [0.2, 0.25) is 0 Å². The molecule has 0 saturated carbocycles. The van der Waals surface area contributed by atoms with E-state index in [0.29, 0.717) is 5.65 Å². The maximum absolute atomic E-state index is 10.8. The van der Waals surface area contributed by atoms with Crippen molar-refractivity contribution in [2.24, 2.45) is 0 Å². The number of hydrogen-bond donors (Lipinski definition) is 4. The fraction of sp³-hybridized carbons (Fsp3) is 0.500. The van der Waals surface area contributed by atoms with Gasteiger partial charge in [-0.3, -0.25) is 4.52 Å². The highest BCUT2D eigenvalue weighted by Gasteiger charge is 2.44. The van der Waals surface area contributed by atoms with E-state index in [2.05, 4.69) is 14.5 Å². The molecule has 24 heavy (non-hydrogen) atoms. The number of aromatic nitrogens is 3. The highest BCUT2D eigenvalue weighted by molar-refractivity contribution is 7.98. The van der Waals surface area contributed by atoms with Crippen LogP contribution in [0.25, 0.3) is 11.0 Å². The molecule has 132 valence electrons. The smallest absolute Gasteiger partial charge is 0.387 e. The fourth-order valence-electron chi connectivity index (χ4n) is 2.58. The number of phosphoric ester groups is 1. The minimum Gasteiger partial charge on any atom is -0.387 e. The molecular weight excluding hydrogens is 361 g/mol. The van der Waals surface area contributed by atoms with Crippen LogP contribution in [0.4, 0.5) is 0 Å². The lowest BCUT2D eigenvalue weighted by Crippen LogP contribution is -2.33. The molecule has 1 aliphatic heterocycles. The van der Waals surface area contributed by atoms with Gasteiger partial charge in [-0.1, -0.05) is 0 Å². The lowest BCUT2D eigenvalue weighted by molar-refractivity contribution is -0.0501. The second-order valence-electron chi connectivity index (χ2n) is 5.18. The number of phosphoric acid groups is 1. The topological polar surface area (TPSA) is 147 Å². The van der Waals surface area contributed by atoms with Crippen LogP contribution in [0.5, 0.6) is 0 Å². The first-order chi connectivity index (χ1) is 11.3. The van der Waals surface area contributed by atoms with Crippen molar-refractivity contribution in [1.29, 1.82) is 0 Å². The van der Waals surface area contributed by atoms with Crippen LogP contribution in [0.1, 0.15) is 6.23 Å². The Bertz CT molecular complexity index is 781. The molecule has 0 aromatic carbocycles. The molecule has 1 fully saturated rings. The van der Waals surface area contributed by atoms with Crippen LogP contribution < -0.4 is 0 Å². The van der Waals surface area contributed by atoms with Crippen molar-refractivity contribution in [1.82, 2.24) is 14.5 Å². The Morgan fingerprint density at radius 1 is 1.38 bits per heavy atom. The van der Waals surface area contributed by atoms with Crippen molar-refractivity contribution >= 4 is 30.6 Å². The molecule has 2 aromatic rings. The zero-order valence-electron chi connectivity index (χ0n) is 12.5. The monoisotopic (exact) mass is 377 g/mol. The van der Waals surface area contributed by atoms with E-state index in [0.717, 1.165) is 10.4 Å². The molecule has 3 heterocycles. The second-order valence-corrected chi connectivity index (χ2v) is 7.21. The summed E-state index contributed by atoms with van der Waals surface area (Å²) in [5.41, 5.74) is 0.516. The molecule has 4 N–H and O–H groups in total. The number of ether oxygens (including phenoxy) is 1. The van der Waals surface area contributed by atoms with Crippen LogP contribution in [0, 0.1) is 0 Å². The van der Waals surface area contributed by atoms with Gasteiger partial charge in [0.25, 0.3) is 0 Å². The molecule has 2 aromatic heterocycles. The van der Waals surface area contributed by atoms with Crippen molar-refractivity contribution in [2.45, 2.75) is 29.6 Å². The molecule has 10 nitrogen and oxygen atoms in total. The highest BCUT2D eigenvalue weighted by Crippen LogP contribution is 2.39. The zero-order valence-corrected chi connectivity index (χ0v) is 14.2. The molecule has 0 radical (unpaired) electrons. The van der Waals surface area contributed by atoms with Crippen molar-refractivity contribution < 1.29 is 33.8 Å². The van der Waals surface area contributed by atoms with Gasteiger partial charge in [-0.05, 0) is 12.3 Å². The maximum atomic E-state index is 10.8. The van der Waals surface area contributed by atoms with Crippen molar-refractivity contribution in [3.63, 3.8) is 0 Å². The standard InChI is InChI=1S/C12H16N3O7PS/c1-24-11-6-2-3-15(10(6)13-5-14-11)12-9(17)8(16)7(22-12)4-21-23(18,19)20/h2-3,5,7-9,12,16-17H,4H2,1H3,(H2,18,19,20)/t7-,8+,9-,12-/m0/s1. The Labute approximate surface area is 140 Å². The van der Waals surface area contributed by atoms with Gasteiger partial charge >= 0.3 is 7.82 Å². The molecule has 4 atom stereocenters. The van der Waals surface area contributed by atoms with E-state index in [9.17, 15) is 14.8 Å². The number of thioether (sulfide) groups is 1. The summed E-state index contributed by atoms with van der Waals surface area (Å²) < 4.78 is 22.2. The number of fused-ring (bicyclic) bond motifs is 1. The fourth-order valence-corrected chi connectivity index (χ4v) is 3.46. The third-order valence-electron chi connectivity index (χ3n) is 3.68. The van der Waals surface area contributed by atoms with Crippen molar-refractivity contribution in [2.75, 3.05) is 12.9 Å². The normalized spacial score (nSPS) is 27.9. The number of nitrogens with zero attached hydrogens (tertiary/aromatic N) is 3. The van der Waals surface area contributed by atoms with Crippen molar-refractivity contribution in [3.8, 4) is 0 Å². The summed E-state index contributed by atoms with van der Waals surface area (Å²) in [6.07, 6.45) is 0.186. The van der Waals surface area contributed by atoms with Gasteiger partial charge in [0.2, 0.25) is 0 Å². The summed E-state index contributed by atoms with van der Waals surface area (Å²) in [6.45, 7) is -0.552. The van der Waals surface area contributed by atoms with Gasteiger partial charge in [0, 0.05) is 6.20 Å². The first-order valence-electron chi connectivity index (χ1n) is 6.89. The molecule has 0 unspecified atom stereocenters. The number of hydrogen-bond acceptors (Lipinski definition) is 8. The molecule has 12 heteroatoms. The van der Waals surface area contributed by atoms with E-state index in [1.165, 1.54) is 18.1 Å². The first-order valence-corrected chi connectivity index (χ1v) is 9.64. The lowest BCUT2D eigenvalue weighted by Gasteiger charge is -2.17. The van der Waals surface area contributed by atoms with Gasteiger partial charge in [-0.15, -0.1) is 11.8 Å². The average Bonchev–Trinajstić information content (AvgIpc) is 3.07. The van der Waals surface area contributed by atoms with Crippen LogP contribution >= 0.6 is 19.6 Å². The van der Waals surface area contributed by atoms with E-state index >= 15 is 0 Å². The van der Waals surface area contributed by atoms with Crippen molar-refractivity contribution in [3.05, 3.63) is 18.6 Å². The minimum absolute atomic E-state index is 0.516. The lowest BCUT2D eigenvalue weighted by atomic mass is 10.1. The number of aliphatic hydroxyl groups is 2. The third-order valence-corrected chi connectivity index (χ3v) is 4.88. The van der Waals surface area contributed by atoms with Gasteiger partial charge in [-0.25, -0.2) is 14.5 Å². The molecule has 0 aliphatic carbocycles. The summed E-state index contributed by atoms with van der Waals surface area (Å²) in [5, 5.41) is 21.8. The van der Waals surface area contributed by atoms with E-state index in [1.54, 1.807) is 16.8 Å². The van der Waals surface area contributed by atoms with Crippen LogP contribution in [0.3, 0.4) is 0 Å². The Morgan fingerprint density at radius 3 is 2.79 bits per heavy atom. The van der Waals surface area contributed by atoms with Crippen LogP contribution in [-0.2, 0) is 13.8 Å². The van der Waals surface area contributed by atoms with Gasteiger partial charge in [0.05, 0.1) is 12.0 Å². The maximum Gasteiger partial charge on any atom is 0.469 e. The first kappa shape index (κ1) is 17.8. The molecule has 0 spiro atoms.